The smallest absolute Gasteiger partial charge is 0.322 e. The molecule has 1 aliphatic heterocycles. The molecule has 0 bridgehead atoms. The van der Waals surface area contributed by atoms with Crippen LogP contribution >= 0.6 is 11.6 Å². The Balaban J connectivity index is 2.18. The number of hydrogen-bond donors (Lipinski definition) is 1. The maximum Gasteiger partial charge on any atom is 0.322 e. The molecule has 0 radical (unpaired) electrons. The van der Waals surface area contributed by atoms with Crippen molar-refractivity contribution in [1.29, 1.82) is 0 Å². The molecule has 0 aromatic carbocycles. The quantitative estimate of drug-likeness (QED) is 0.882. The molecule has 7 heteroatoms. The van der Waals surface area contributed by atoms with Crippen LogP contribution in [-0.4, -0.2) is 41.7 Å². The van der Waals surface area contributed by atoms with E-state index in [9.17, 15) is 0 Å². The summed E-state index contributed by atoms with van der Waals surface area (Å²) in [5, 5.41) is 0.153. The molecule has 1 aliphatic rings. The van der Waals surface area contributed by atoms with E-state index in [1.54, 1.807) is 0 Å². The van der Waals surface area contributed by atoms with E-state index in [0.717, 1.165) is 19.5 Å². The highest BCUT2D eigenvalue weighted by Gasteiger charge is 2.27. The third-order valence-corrected chi connectivity index (χ3v) is 3.63. The predicted molar refractivity (Wildman–Crippen MR) is 69.9 cm³/mol. The number of aromatic nitrogens is 3. The van der Waals surface area contributed by atoms with E-state index < -0.39 is 0 Å². The fourth-order valence-corrected chi connectivity index (χ4v) is 2.34. The molecule has 18 heavy (non-hydrogen) atoms. The minimum atomic E-state index is 0.153. The molecule has 2 heterocycles. The highest BCUT2D eigenvalue weighted by atomic mass is 35.5. The highest BCUT2D eigenvalue weighted by molar-refractivity contribution is 6.28. The van der Waals surface area contributed by atoms with Crippen molar-refractivity contribution in [2.45, 2.75) is 13.3 Å². The third kappa shape index (κ3) is 2.81. The third-order valence-electron chi connectivity index (χ3n) is 3.46. The Hall–Kier alpha value is -1.14. The van der Waals surface area contributed by atoms with Crippen LogP contribution in [0.25, 0.3) is 0 Å². The normalized spacial score (nSPS) is 24.1. The molecule has 1 aromatic heterocycles. The predicted octanol–water partition coefficient (Wildman–Crippen LogP) is 0.955. The van der Waals surface area contributed by atoms with Crippen molar-refractivity contribution >= 4 is 17.5 Å². The number of methoxy groups -OCH3 is 1. The summed E-state index contributed by atoms with van der Waals surface area (Å²) in [6.45, 7) is 4.66. The average molecular weight is 272 g/mol. The summed E-state index contributed by atoms with van der Waals surface area (Å²) in [5.41, 5.74) is 5.79. The Morgan fingerprint density at radius 1 is 1.44 bits per heavy atom. The monoisotopic (exact) mass is 271 g/mol. The lowest BCUT2D eigenvalue weighted by molar-refractivity contribution is 0.304. The van der Waals surface area contributed by atoms with Gasteiger partial charge in [-0.05, 0) is 36.4 Å². The molecule has 0 saturated carbocycles. The molecule has 2 N–H and O–H groups in total. The Morgan fingerprint density at radius 3 is 2.89 bits per heavy atom. The first kappa shape index (κ1) is 13.3. The largest absolute Gasteiger partial charge is 0.467 e. The van der Waals surface area contributed by atoms with Gasteiger partial charge < -0.3 is 15.4 Å². The summed E-state index contributed by atoms with van der Waals surface area (Å²) in [4.78, 5) is 14.3. The number of nitrogens with two attached hydrogens (primary N) is 1. The van der Waals surface area contributed by atoms with Gasteiger partial charge in [-0.3, -0.25) is 0 Å². The molecule has 0 amide bonds. The number of halogens is 1. The van der Waals surface area contributed by atoms with Gasteiger partial charge in [-0.15, -0.1) is 0 Å². The summed E-state index contributed by atoms with van der Waals surface area (Å²) in [7, 11) is 1.51. The summed E-state index contributed by atoms with van der Waals surface area (Å²) in [6.07, 6.45) is 1.08. The van der Waals surface area contributed by atoms with Crippen molar-refractivity contribution in [3.63, 3.8) is 0 Å². The van der Waals surface area contributed by atoms with Crippen molar-refractivity contribution in [3.8, 4) is 6.01 Å². The minimum Gasteiger partial charge on any atom is -0.467 e. The zero-order valence-corrected chi connectivity index (χ0v) is 11.4. The number of ether oxygens (including phenoxy) is 1. The van der Waals surface area contributed by atoms with Crippen LogP contribution in [0.1, 0.15) is 13.3 Å². The van der Waals surface area contributed by atoms with Gasteiger partial charge in [-0.2, -0.15) is 15.0 Å². The molecule has 6 nitrogen and oxygen atoms in total. The lowest BCUT2D eigenvalue weighted by atomic mass is 9.87. The summed E-state index contributed by atoms with van der Waals surface area (Å²) in [5.74, 6) is 1.66. The summed E-state index contributed by atoms with van der Waals surface area (Å²) in [6, 6.07) is 0.243. The zero-order chi connectivity index (χ0) is 13.1. The number of anilines is 1. The molecule has 0 aliphatic carbocycles. The molecule has 100 valence electrons. The number of hydrogen-bond acceptors (Lipinski definition) is 6. The number of rotatable bonds is 3. The Labute approximate surface area is 112 Å². The standard InChI is InChI=1S/C11H18ClN5O/c1-7-3-4-17(6-8(7)5-13)10-14-9(12)15-11(16-10)18-2/h7-8H,3-6,13H2,1-2H3. The SMILES string of the molecule is COc1nc(Cl)nc(N2CCC(C)C(CN)C2)n1. The van der Waals surface area contributed by atoms with Gasteiger partial charge in [0.05, 0.1) is 7.11 Å². The van der Waals surface area contributed by atoms with Crippen molar-refractivity contribution in [3.05, 3.63) is 5.28 Å². The van der Waals surface area contributed by atoms with E-state index >= 15 is 0 Å². The van der Waals surface area contributed by atoms with E-state index in [1.165, 1.54) is 7.11 Å². The van der Waals surface area contributed by atoms with E-state index in [4.69, 9.17) is 22.1 Å². The van der Waals surface area contributed by atoms with Gasteiger partial charge in [0, 0.05) is 13.1 Å². The van der Waals surface area contributed by atoms with Crippen LogP contribution in [-0.2, 0) is 0 Å². The lowest BCUT2D eigenvalue weighted by Crippen LogP contribution is -2.43. The van der Waals surface area contributed by atoms with Gasteiger partial charge in [-0.25, -0.2) is 0 Å². The number of piperidine rings is 1. The van der Waals surface area contributed by atoms with Gasteiger partial charge >= 0.3 is 6.01 Å². The van der Waals surface area contributed by atoms with Gasteiger partial charge in [0.25, 0.3) is 0 Å². The molecule has 2 atom stereocenters. The molecule has 2 rings (SSSR count). The van der Waals surface area contributed by atoms with Gasteiger partial charge in [-0.1, -0.05) is 6.92 Å². The second-order valence-electron chi connectivity index (χ2n) is 4.60. The molecule has 2 unspecified atom stereocenters. The Kier molecular flexibility index (Phi) is 4.19. The average Bonchev–Trinajstić information content (AvgIpc) is 2.38. The van der Waals surface area contributed by atoms with Crippen LogP contribution in [0.5, 0.6) is 6.01 Å². The molecule has 1 aromatic rings. The summed E-state index contributed by atoms with van der Waals surface area (Å²) < 4.78 is 5.00. The van der Waals surface area contributed by atoms with Crippen LogP contribution < -0.4 is 15.4 Å². The molecule has 1 fully saturated rings. The van der Waals surface area contributed by atoms with E-state index in [2.05, 4.69) is 26.8 Å². The second-order valence-corrected chi connectivity index (χ2v) is 4.94. The second kappa shape index (κ2) is 5.67. The minimum absolute atomic E-state index is 0.153. The van der Waals surface area contributed by atoms with Gasteiger partial charge in [0.2, 0.25) is 11.2 Å². The van der Waals surface area contributed by atoms with Crippen LogP contribution in [0.2, 0.25) is 5.28 Å². The Morgan fingerprint density at radius 2 is 2.22 bits per heavy atom. The molecular formula is C11H18ClN5O. The van der Waals surface area contributed by atoms with E-state index in [1.807, 2.05) is 0 Å². The molecule has 0 spiro atoms. The topological polar surface area (TPSA) is 77.2 Å². The first-order valence-electron chi connectivity index (χ1n) is 6.04. The van der Waals surface area contributed by atoms with Crippen molar-refractivity contribution in [1.82, 2.24) is 15.0 Å². The van der Waals surface area contributed by atoms with Gasteiger partial charge in [0.1, 0.15) is 0 Å². The van der Waals surface area contributed by atoms with Crippen LogP contribution in [0.3, 0.4) is 0 Å². The van der Waals surface area contributed by atoms with E-state index in [-0.39, 0.29) is 11.3 Å². The fourth-order valence-electron chi connectivity index (χ4n) is 2.19. The van der Waals surface area contributed by atoms with Crippen LogP contribution in [0.15, 0.2) is 0 Å². The first-order chi connectivity index (χ1) is 8.63. The summed E-state index contributed by atoms with van der Waals surface area (Å²) >= 11 is 5.85. The maximum atomic E-state index is 5.85. The number of nitrogens with zero attached hydrogens (tertiary/aromatic N) is 4. The highest BCUT2D eigenvalue weighted by Crippen LogP contribution is 2.25. The van der Waals surface area contributed by atoms with Crippen molar-refractivity contribution in [2.75, 3.05) is 31.6 Å². The maximum absolute atomic E-state index is 5.85. The van der Waals surface area contributed by atoms with E-state index in [0.29, 0.717) is 24.3 Å². The van der Waals surface area contributed by atoms with Crippen LogP contribution in [0.4, 0.5) is 5.95 Å². The zero-order valence-electron chi connectivity index (χ0n) is 10.6. The van der Waals surface area contributed by atoms with Crippen LogP contribution in [0, 0.1) is 11.8 Å². The fraction of sp³-hybridized carbons (Fsp3) is 0.727. The lowest BCUT2D eigenvalue weighted by Gasteiger charge is -2.36. The van der Waals surface area contributed by atoms with Crippen molar-refractivity contribution < 1.29 is 4.74 Å². The van der Waals surface area contributed by atoms with Gasteiger partial charge in [0.15, 0.2) is 0 Å². The Bertz CT molecular complexity index is 416. The molecule has 1 saturated heterocycles. The van der Waals surface area contributed by atoms with Crippen molar-refractivity contribution in [2.24, 2.45) is 17.6 Å². The molecular weight excluding hydrogens is 254 g/mol. The first-order valence-corrected chi connectivity index (χ1v) is 6.42.